The van der Waals surface area contributed by atoms with Gasteiger partial charge in [0.2, 0.25) is 0 Å². The number of nitrogens with two attached hydrogens (primary N) is 1. The number of thiocarbonyl (C=S) groups is 1. The molecule has 0 spiro atoms. The Balaban J connectivity index is 3.04. The van der Waals surface area contributed by atoms with Gasteiger partial charge in [0.15, 0.2) is 0 Å². The number of hydrogen-bond acceptors (Lipinski definition) is 4. The number of ether oxygens (including phenoxy) is 1. The summed E-state index contributed by atoms with van der Waals surface area (Å²) in [6.07, 6.45) is -14.5. The molecule has 0 radical (unpaired) electrons. The van der Waals surface area contributed by atoms with Crippen LogP contribution >= 0.6 is 12.2 Å². The highest BCUT2D eigenvalue weighted by Crippen LogP contribution is 2.35. The molecular formula is C8H5F6N3OS. The Morgan fingerprint density at radius 1 is 1.21 bits per heavy atom. The Bertz CT molecular complexity index is 460. The second kappa shape index (κ2) is 5.15. The van der Waals surface area contributed by atoms with Gasteiger partial charge in [-0.15, -0.1) is 0 Å². The minimum atomic E-state index is -5.65. The highest BCUT2D eigenvalue weighted by atomic mass is 32.1. The van der Waals surface area contributed by atoms with Gasteiger partial charge in [0.05, 0.1) is 0 Å². The van der Waals surface area contributed by atoms with Crippen LogP contribution in [0.15, 0.2) is 12.3 Å². The van der Waals surface area contributed by atoms with Crippen LogP contribution in [0.3, 0.4) is 0 Å². The summed E-state index contributed by atoms with van der Waals surface area (Å²) in [5, 5.41) is 0. The van der Waals surface area contributed by atoms with E-state index < -0.39 is 24.5 Å². The number of hydrogen-bond donors (Lipinski definition) is 1. The van der Waals surface area contributed by atoms with E-state index >= 15 is 0 Å². The maximum atomic E-state index is 12.2. The summed E-state index contributed by atoms with van der Waals surface area (Å²) in [7, 11) is 0. The third-order valence-corrected chi connectivity index (χ3v) is 1.91. The van der Waals surface area contributed by atoms with E-state index in [-0.39, 0.29) is 10.7 Å². The Morgan fingerprint density at radius 2 is 1.74 bits per heavy atom. The summed E-state index contributed by atoms with van der Waals surface area (Å²) in [5.41, 5.74) is 4.92. The van der Waals surface area contributed by atoms with Crippen LogP contribution in [0.5, 0.6) is 6.01 Å². The van der Waals surface area contributed by atoms with E-state index in [0.29, 0.717) is 0 Å². The maximum Gasteiger partial charge on any atom is 0.434 e. The predicted octanol–water partition coefficient (Wildman–Crippen LogP) is 1.98. The summed E-state index contributed by atoms with van der Waals surface area (Å²) in [6, 6.07) is -0.00397. The van der Waals surface area contributed by atoms with Gasteiger partial charge in [0.1, 0.15) is 10.7 Å². The first-order valence-corrected chi connectivity index (χ1v) is 4.85. The first-order chi connectivity index (χ1) is 8.51. The van der Waals surface area contributed by atoms with Gasteiger partial charge >= 0.3 is 18.4 Å². The third kappa shape index (κ3) is 4.19. The van der Waals surface area contributed by atoms with Crippen molar-refractivity contribution in [1.29, 1.82) is 0 Å². The fourth-order valence-corrected chi connectivity index (χ4v) is 1.07. The zero-order valence-corrected chi connectivity index (χ0v) is 9.60. The normalized spacial score (nSPS) is 12.6. The van der Waals surface area contributed by atoms with Crippen LogP contribution in [-0.4, -0.2) is 33.4 Å². The summed E-state index contributed by atoms with van der Waals surface area (Å²) in [4.78, 5) is 6.06. The van der Waals surface area contributed by atoms with E-state index in [9.17, 15) is 26.3 Å². The van der Waals surface area contributed by atoms with Gasteiger partial charge in [-0.1, -0.05) is 12.2 Å². The Hall–Kier alpha value is -1.65. The predicted molar refractivity (Wildman–Crippen MR) is 54.4 cm³/mol. The molecule has 0 unspecified atom stereocenters. The van der Waals surface area contributed by atoms with Crippen LogP contribution in [-0.2, 0) is 0 Å². The van der Waals surface area contributed by atoms with Gasteiger partial charge in [-0.05, 0) is 6.07 Å². The molecular weight excluding hydrogens is 300 g/mol. The molecule has 1 aromatic rings. The van der Waals surface area contributed by atoms with Gasteiger partial charge in [0, 0.05) is 6.20 Å². The molecule has 0 amide bonds. The Labute approximate surface area is 107 Å². The van der Waals surface area contributed by atoms with Gasteiger partial charge < -0.3 is 10.5 Å². The molecule has 0 aromatic carbocycles. The van der Waals surface area contributed by atoms with Crippen LogP contribution in [0.1, 0.15) is 5.69 Å². The van der Waals surface area contributed by atoms with E-state index in [1.807, 2.05) is 0 Å². The van der Waals surface area contributed by atoms with Crippen LogP contribution in [0.25, 0.3) is 0 Å². The molecule has 11 heteroatoms. The van der Waals surface area contributed by atoms with Gasteiger partial charge in [0.25, 0.3) is 6.10 Å². The molecule has 4 nitrogen and oxygen atoms in total. The topological polar surface area (TPSA) is 61.0 Å². The van der Waals surface area contributed by atoms with E-state index in [1.54, 1.807) is 0 Å². The molecule has 1 aromatic heterocycles. The number of alkyl halides is 6. The zero-order valence-electron chi connectivity index (χ0n) is 8.79. The summed E-state index contributed by atoms with van der Waals surface area (Å²) >= 11 is 4.47. The summed E-state index contributed by atoms with van der Waals surface area (Å²) in [6.45, 7) is 0. The molecule has 1 rings (SSSR count). The molecule has 1 heterocycles. The van der Waals surface area contributed by atoms with Gasteiger partial charge in [-0.25, -0.2) is 4.98 Å². The molecule has 0 aliphatic rings. The van der Waals surface area contributed by atoms with Crippen molar-refractivity contribution in [3.8, 4) is 6.01 Å². The summed E-state index contributed by atoms with van der Waals surface area (Å²) < 4.78 is 77.0. The molecule has 0 atom stereocenters. The average molecular weight is 305 g/mol. The molecule has 0 aliphatic heterocycles. The highest BCUT2D eigenvalue weighted by Gasteiger charge is 2.59. The van der Waals surface area contributed by atoms with Crippen LogP contribution in [0.4, 0.5) is 26.3 Å². The van der Waals surface area contributed by atoms with Crippen LogP contribution < -0.4 is 10.5 Å². The molecule has 19 heavy (non-hydrogen) atoms. The lowest BCUT2D eigenvalue weighted by Crippen LogP contribution is -2.46. The number of aromatic nitrogens is 2. The summed E-state index contributed by atoms with van der Waals surface area (Å²) in [5.74, 6) is 0. The number of rotatable bonds is 3. The fourth-order valence-electron chi connectivity index (χ4n) is 0.959. The van der Waals surface area contributed by atoms with E-state index in [4.69, 9.17) is 5.73 Å². The van der Waals surface area contributed by atoms with Crippen molar-refractivity contribution in [2.75, 3.05) is 0 Å². The fraction of sp³-hybridized carbons (Fsp3) is 0.375. The lowest BCUT2D eigenvalue weighted by molar-refractivity contribution is -0.301. The lowest BCUT2D eigenvalue weighted by atomic mass is 10.3. The molecule has 0 bridgehead atoms. The second-order valence-electron chi connectivity index (χ2n) is 3.17. The monoisotopic (exact) mass is 305 g/mol. The van der Waals surface area contributed by atoms with E-state index in [1.165, 1.54) is 0 Å². The van der Waals surface area contributed by atoms with Crippen LogP contribution in [0, 0.1) is 0 Å². The first-order valence-electron chi connectivity index (χ1n) is 4.44. The molecule has 0 aliphatic carbocycles. The van der Waals surface area contributed by atoms with Crippen molar-refractivity contribution in [1.82, 2.24) is 9.97 Å². The lowest BCUT2D eigenvalue weighted by Gasteiger charge is -2.22. The Kier molecular flexibility index (Phi) is 4.18. The molecule has 0 saturated carbocycles. The molecule has 2 N–H and O–H groups in total. The second-order valence-corrected chi connectivity index (χ2v) is 3.61. The first kappa shape index (κ1) is 15.4. The van der Waals surface area contributed by atoms with Crippen molar-refractivity contribution in [2.45, 2.75) is 18.5 Å². The Morgan fingerprint density at radius 3 is 2.16 bits per heavy atom. The smallest absolute Gasteiger partial charge is 0.434 e. The van der Waals surface area contributed by atoms with Crippen molar-refractivity contribution < 1.29 is 31.1 Å². The van der Waals surface area contributed by atoms with Crippen molar-refractivity contribution >= 4 is 17.2 Å². The minimum absolute atomic E-state index is 0.205. The largest absolute Gasteiger partial charge is 0.441 e. The number of halogens is 6. The quantitative estimate of drug-likeness (QED) is 0.683. The molecule has 0 saturated heterocycles. The van der Waals surface area contributed by atoms with Crippen molar-refractivity contribution in [3.05, 3.63) is 18.0 Å². The minimum Gasteiger partial charge on any atom is -0.441 e. The number of nitrogens with zero attached hydrogens (tertiary/aromatic N) is 2. The SMILES string of the molecule is NC(=S)c1ccnc(OC(C(F)(F)F)C(F)(F)F)n1. The van der Waals surface area contributed by atoms with Gasteiger partial charge in [-0.2, -0.15) is 31.3 Å². The van der Waals surface area contributed by atoms with Crippen molar-refractivity contribution in [3.63, 3.8) is 0 Å². The zero-order chi connectivity index (χ0) is 14.8. The molecule has 106 valence electrons. The van der Waals surface area contributed by atoms with Gasteiger partial charge in [-0.3, -0.25) is 0 Å². The standard InChI is InChI=1S/C8H5F6N3OS/c9-7(10,11)5(8(12,13)14)18-6-16-2-1-3(17-6)4(15)19/h1-2,5H,(H2,15,19). The van der Waals surface area contributed by atoms with E-state index in [2.05, 4.69) is 26.9 Å². The maximum absolute atomic E-state index is 12.2. The van der Waals surface area contributed by atoms with Crippen molar-refractivity contribution in [2.24, 2.45) is 5.73 Å². The molecule has 0 fully saturated rings. The van der Waals surface area contributed by atoms with E-state index in [0.717, 1.165) is 12.3 Å². The average Bonchev–Trinajstić information content (AvgIpc) is 2.23. The highest BCUT2D eigenvalue weighted by molar-refractivity contribution is 7.80. The third-order valence-electron chi connectivity index (χ3n) is 1.70. The van der Waals surface area contributed by atoms with Crippen LogP contribution in [0.2, 0.25) is 0 Å².